The second-order valence-corrected chi connectivity index (χ2v) is 3.13. The summed E-state index contributed by atoms with van der Waals surface area (Å²) in [5.74, 6) is -0.555. The largest absolute Gasteiger partial charge is 0.497 e. The van der Waals surface area contributed by atoms with E-state index in [0.29, 0.717) is 11.3 Å². The SMILES string of the molecule is CN.COc1ccc(C(=O)NCCC(=O)O)cc1. The Bertz CT molecular complexity index is 376. The number of benzene rings is 1. The van der Waals surface area contributed by atoms with Crippen molar-refractivity contribution in [2.24, 2.45) is 5.73 Å². The highest BCUT2D eigenvalue weighted by Crippen LogP contribution is 2.10. The first-order valence-electron chi connectivity index (χ1n) is 5.35. The number of nitrogens with two attached hydrogens (primary N) is 1. The number of amides is 1. The van der Waals surface area contributed by atoms with Crippen molar-refractivity contribution in [1.82, 2.24) is 5.32 Å². The third kappa shape index (κ3) is 5.86. The molecule has 0 atom stereocenters. The number of hydrogen-bond acceptors (Lipinski definition) is 4. The molecular weight excluding hydrogens is 236 g/mol. The molecule has 1 aromatic rings. The highest BCUT2D eigenvalue weighted by Gasteiger charge is 2.05. The molecule has 0 spiro atoms. The van der Waals surface area contributed by atoms with Crippen LogP contribution < -0.4 is 15.8 Å². The van der Waals surface area contributed by atoms with E-state index in [1.165, 1.54) is 7.05 Å². The first-order chi connectivity index (χ1) is 8.63. The van der Waals surface area contributed by atoms with Gasteiger partial charge in [0.15, 0.2) is 0 Å². The molecular formula is C12H18N2O4. The van der Waals surface area contributed by atoms with Crippen LogP contribution in [0.3, 0.4) is 0 Å². The summed E-state index contributed by atoms with van der Waals surface area (Å²) >= 11 is 0. The van der Waals surface area contributed by atoms with Crippen LogP contribution in [0.15, 0.2) is 24.3 Å². The zero-order chi connectivity index (χ0) is 14.0. The molecule has 1 rings (SSSR count). The van der Waals surface area contributed by atoms with Gasteiger partial charge in [-0.2, -0.15) is 0 Å². The van der Waals surface area contributed by atoms with Gasteiger partial charge in [0.05, 0.1) is 13.5 Å². The Morgan fingerprint density at radius 1 is 1.28 bits per heavy atom. The van der Waals surface area contributed by atoms with Gasteiger partial charge in [-0.05, 0) is 31.3 Å². The third-order valence-corrected chi connectivity index (χ3v) is 1.98. The molecule has 6 nitrogen and oxygen atoms in total. The Balaban J connectivity index is 0.00000137. The molecule has 0 saturated carbocycles. The predicted molar refractivity (Wildman–Crippen MR) is 67.7 cm³/mol. The maximum Gasteiger partial charge on any atom is 0.305 e. The number of nitrogens with one attached hydrogen (secondary N) is 1. The number of methoxy groups -OCH3 is 1. The van der Waals surface area contributed by atoms with Crippen LogP contribution in [0.1, 0.15) is 16.8 Å². The van der Waals surface area contributed by atoms with Crippen molar-refractivity contribution in [3.05, 3.63) is 29.8 Å². The zero-order valence-corrected chi connectivity index (χ0v) is 10.5. The van der Waals surface area contributed by atoms with E-state index in [1.807, 2.05) is 0 Å². The molecule has 0 heterocycles. The van der Waals surface area contributed by atoms with Crippen LogP contribution in [0.4, 0.5) is 0 Å². The Hall–Kier alpha value is -2.08. The van der Waals surface area contributed by atoms with E-state index in [-0.39, 0.29) is 18.9 Å². The van der Waals surface area contributed by atoms with Gasteiger partial charge in [-0.15, -0.1) is 0 Å². The summed E-state index contributed by atoms with van der Waals surface area (Å²) in [4.78, 5) is 21.7. The molecule has 0 saturated heterocycles. The predicted octanol–water partition coefficient (Wildman–Crippen LogP) is 0.475. The number of hydrogen-bond donors (Lipinski definition) is 3. The average molecular weight is 254 g/mol. The average Bonchev–Trinajstić information content (AvgIpc) is 2.40. The molecule has 1 aromatic carbocycles. The normalized spacial score (nSPS) is 8.83. The van der Waals surface area contributed by atoms with Crippen molar-refractivity contribution in [1.29, 1.82) is 0 Å². The van der Waals surface area contributed by atoms with Crippen molar-refractivity contribution in [3.63, 3.8) is 0 Å². The molecule has 0 aromatic heterocycles. The van der Waals surface area contributed by atoms with Crippen molar-refractivity contribution >= 4 is 11.9 Å². The summed E-state index contributed by atoms with van der Waals surface area (Å²) in [6.07, 6.45) is -0.0815. The third-order valence-electron chi connectivity index (χ3n) is 1.98. The maximum absolute atomic E-state index is 11.5. The van der Waals surface area contributed by atoms with Crippen LogP contribution in [0.2, 0.25) is 0 Å². The molecule has 0 aliphatic carbocycles. The fourth-order valence-electron chi connectivity index (χ4n) is 1.13. The molecule has 0 aliphatic rings. The molecule has 0 bridgehead atoms. The first-order valence-corrected chi connectivity index (χ1v) is 5.35. The summed E-state index contributed by atoms with van der Waals surface area (Å²) < 4.78 is 4.95. The van der Waals surface area contributed by atoms with Crippen LogP contribution in [0.25, 0.3) is 0 Å². The summed E-state index contributed by atoms with van der Waals surface area (Å²) in [5, 5.41) is 10.9. The van der Waals surface area contributed by atoms with Gasteiger partial charge in [0.1, 0.15) is 5.75 Å². The lowest BCUT2D eigenvalue weighted by atomic mass is 10.2. The number of rotatable bonds is 5. The maximum atomic E-state index is 11.5. The van der Waals surface area contributed by atoms with E-state index in [1.54, 1.807) is 31.4 Å². The lowest BCUT2D eigenvalue weighted by molar-refractivity contribution is -0.136. The van der Waals surface area contributed by atoms with Crippen LogP contribution in [-0.4, -0.2) is 37.7 Å². The Morgan fingerprint density at radius 2 is 1.83 bits per heavy atom. The quantitative estimate of drug-likeness (QED) is 0.709. The number of carboxylic acids is 1. The van der Waals surface area contributed by atoms with Crippen LogP contribution in [0.5, 0.6) is 5.75 Å². The smallest absolute Gasteiger partial charge is 0.305 e. The minimum atomic E-state index is -0.935. The van der Waals surface area contributed by atoms with Gasteiger partial charge in [-0.1, -0.05) is 0 Å². The number of aliphatic carboxylic acids is 1. The van der Waals surface area contributed by atoms with Crippen molar-refractivity contribution in [2.75, 3.05) is 20.7 Å². The Labute approximate surface area is 106 Å². The summed E-state index contributed by atoms with van der Waals surface area (Å²) in [6.45, 7) is 0.125. The standard InChI is InChI=1S/C11H13NO4.CH5N/c1-16-9-4-2-8(3-5-9)11(15)12-7-6-10(13)14;1-2/h2-5H,6-7H2,1H3,(H,12,15)(H,13,14);2H2,1H3. The molecule has 0 fully saturated rings. The zero-order valence-electron chi connectivity index (χ0n) is 10.5. The molecule has 4 N–H and O–H groups in total. The van der Waals surface area contributed by atoms with E-state index >= 15 is 0 Å². The van der Waals surface area contributed by atoms with Gasteiger partial charge < -0.3 is 20.9 Å². The summed E-state index contributed by atoms with van der Waals surface area (Å²) in [5.41, 5.74) is 4.98. The Kier molecular flexibility index (Phi) is 7.96. The molecule has 6 heteroatoms. The van der Waals surface area contributed by atoms with Gasteiger partial charge in [0.2, 0.25) is 0 Å². The summed E-state index contributed by atoms with van der Waals surface area (Å²) in [6, 6.07) is 6.59. The van der Waals surface area contributed by atoms with E-state index in [9.17, 15) is 9.59 Å². The topological polar surface area (TPSA) is 102 Å². The van der Waals surface area contributed by atoms with Crippen LogP contribution in [0, 0.1) is 0 Å². The fourth-order valence-corrected chi connectivity index (χ4v) is 1.13. The molecule has 18 heavy (non-hydrogen) atoms. The van der Waals surface area contributed by atoms with Crippen LogP contribution >= 0.6 is 0 Å². The number of carbonyl (C=O) groups is 2. The van der Waals surface area contributed by atoms with E-state index < -0.39 is 5.97 Å². The monoisotopic (exact) mass is 254 g/mol. The lowest BCUT2D eigenvalue weighted by Gasteiger charge is -2.04. The van der Waals surface area contributed by atoms with Crippen molar-refractivity contribution in [3.8, 4) is 5.75 Å². The fraction of sp³-hybridized carbons (Fsp3) is 0.333. The van der Waals surface area contributed by atoms with Gasteiger partial charge >= 0.3 is 5.97 Å². The van der Waals surface area contributed by atoms with E-state index in [4.69, 9.17) is 9.84 Å². The number of carboxylic acid groups (broad SMARTS) is 1. The van der Waals surface area contributed by atoms with E-state index in [0.717, 1.165) is 0 Å². The van der Waals surface area contributed by atoms with Crippen LogP contribution in [-0.2, 0) is 4.79 Å². The first kappa shape index (κ1) is 15.9. The van der Waals surface area contributed by atoms with Gasteiger partial charge in [-0.3, -0.25) is 9.59 Å². The molecule has 0 aliphatic heterocycles. The minimum Gasteiger partial charge on any atom is -0.497 e. The van der Waals surface area contributed by atoms with Gasteiger partial charge in [0, 0.05) is 12.1 Å². The van der Waals surface area contributed by atoms with Gasteiger partial charge in [0.25, 0.3) is 5.91 Å². The molecule has 0 unspecified atom stereocenters. The molecule has 100 valence electrons. The number of carbonyl (C=O) groups excluding carboxylic acids is 1. The highest BCUT2D eigenvalue weighted by molar-refractivity contribution is 5.94. The second kappa shape index (κ2) is 9.00. The van der Waals surface area contributed by atoms with Crippen molar-refractivity contribution < 1.29 is 19.4 Å². The second-order valence-electron chi connectivity index (χ2n) is 3.13. The summed E-state index contributed by atoms with van der Waals surface area (Å²) in [7, 11) is 3.04. The minimum absolute atomic E-state index is 0.0815. The lowest BCUT2D eigenvalue weighted by Crippen LogP contribution is -2.25. The van der Waals surface area contributed by atoms with Crippen molar-refractivity contribution in [2.45, 2.75) is 6.42 Å². The van der Waals surface area contributed by atoms with E-state index in [2.05, 4.69) is 11.1 Å². The molecule has 0 radical (unpaired) electrons. The van der Waals surface area contributed by atoms with Gasteiger partial charge in [-0.25, -0.2) is 0 Å². The highest BCUT2D eigenvalue weighted by atomic mass is 16.5. The molecule has 1 amide bonds. The number of ether oxygens (including phenoxy) is 1. The Morgan fingerprint density at radius 3 is 2.28 bits per heavy atom.